The summed E-state index contributed by atoms with van der Waals surface area (Å²) in [6.07, 6.45) is 5.39. The minimum atomic E-state index is 0.271. The SMILES string of the molecule is Cc1cnc(/C=C\C(=N)C(C)C)[nH]1. The Hall–Kier alpha value is -1.38. The van der Waals surface area contributed by atoms with Crippen LogP contribution in [0.15, 0.2) is 12.3 Å². The van der Waals surface area contributed by atoms with Crippen LogP contribution < -0.4 is 0 Å². The molecular weight excluding hydrogens is 162 g/mol. The predicted molar refractivity (Wildman–Crippen MR) is 54.9 cm³/mol. The summed E-state index contributed by atoms with van der Waals surface area (Å²) in [4.78, 5) is 7.18. The Kier molecular flexibility index (Phi) is 3.01. The quantitative estimate of drug-likeness (QED) is 0.684. The molecule has 0 amide bonds. The molecule has 70 valence electrons. The van der Waals surface area contributed by atoms with Gasteiger partial charge in [-0.1, -0.05) is 13.8 Å². The largest absolute Gasteiger partial charge is 0.343 e. The van der Waals surface area contributed by atoms with E-state index in [1.807, 2.05) is 26.8 Å². The second kappa shape index (κ2) is 4.03. The number of rotatable bonds is 3. The van der Waals surface area contributed by atoms with Crippen molar-refractivity contribution in [3.8, 4) is 0 Å². The van der Waals surface area contributed by atoms with Crippen molar-refractivity contribution in [1.29, 1.82) is 5.41 Å². The maximum Gasteiger partial charge on any atom is 0.130 e. The average molecular weight is 177 g/mol. The van der Waals surface area contributed by atoms with Gasteiger partial charge in [0.1, 0.15) is 5.82 Å². The smallest absolute Gasteiger partial charge is 0.130 e. The third-order valence-electron chi connectivity index (χ3n) is 1.77. The van der Waals surface area contributed by atoms with Crippen molar-refractivity contribution in [2.45, 2.75) is 20.8 Å². The van der Waals surface area contributed by atoms with E-state index in [9.17, 15) is 0 Å². The van der Waals surface area contributed by atoms with E-state index < -0.39 is 0 Å². The molecule has 0 atom stereocenters. The van der Waals surface area contributed by atoms with E-state index in [1.54, 1.807) is 12.3 Å². The van der Waals surface area contributed by atoms with Crippen molar-refractivity contribution in [1.82, 2.24) is 9.97 Å². The second-order valence-corrected chi connectivity index (χ2v) is 3.39. The molecule has 0 saturated heterocycles. The van der Waals surface area contributed by atoms with Crippen LogP contribution in [0.5, 0.6) is 0 Å². The maximum absolute atomic E-state index is 7.57. The number of imidazole rings is 1. The number of hydrogen-bond acceptors (Lipinski definition) is 2. The molecule has 0 fully saturated rings. The number of hydrogen-bond donors (Lipinski definition) is 2. The number of aromatic amines is 1. The van der Waals surface area contributed by atoms with Gasteiger partial charge in [0.2, 0.25) is 0 Å². The average Bonchev–Trinajstić information content (AvgIpc) is 2.47. The summed E-state index contributed by atoms with van der Waals surface area (Å²) in [5, 5.41) is 7.57. The lowest BCUT2D eigenvalue weighted by Crippen LogP contribution is -2.00. The van der Waals surface area contributed by atoms with Gasteiger partial charge in [-0.15, -0.1) is 0 Å². The van der Waals surface area contributed by atoms with E-state index in [4.69, 9.17) is 5.41 Å². The number of aryl methyl sites for hydroxylation is 1. The molecule has 0 aliphatic carbocycles. The van der Waals surface area contributed by atoms with Crippen molar-refractivity contribution in [3.63, 3.8) is 0 Å². The van der Waals surface area contributed by atoms with Crippen molar-refractivity contribution < 1.29 is 0 Å². The molecule has 0 unspecified atom stereocenters. The number of aromatic nitrogens is 2. The van der Waals surface area contributed by atoms with Gasteiger partial charge in [0.15, 0.2) is 0 Å². The highest BCUT2D eigenvalue weighted by atomic mass is 14.9. The van der Waals surface area contributed by atoms with Crippen molar-refractivity contribution in [2.24, 2.45) is 5.92 Å². The fourth-order valence-electron chi connectivity index (χ4n) is 0.879. The first-order valence-electron chi connectivity index (χ1n) is 4.37. The zero-order valence-corrected chi connectivity index (χ0v) is 8.26. The molecule has 1 heterocycles. The Labute approximate surface area is 78.4 Å². The Morgan fingerprint density at radius 3 is 2.77 bits per heavy atom. The molecule has 0 aromatic carbocycles. The molecule has 0 saturated carbocycles. The minimum Gasteiger partial charge on any atom is -0.343 e. The number of H-pyrrole nitrogens is 1. The van der Waals surface area contributed by atoms with Gasteiger partial charge in [-0.25, -0.2) is 4.98 Å². The summed E-state index contributed by atoms with van der Waals surface area (Å²) in [5.41, 5.74) is 1.66. The summed E-state index contributed by atoms with van der Waals surface area (Å²) in [6.45, 7) is 5.96. The molecule has 3 nitrogen and oxygen atoms in total. The standard InChI is InChI=1S/C10H15N3/c1-7(2)9(11)4-5-10-12-6-8(3)13-10/h4-7,11H,1-3H3,(H,12,13)/b5-4-,11-9?. The van der Waals surface area contributed by atoms with E-state index >= 15 is 0 Å². The Morgan fingerprint density at radius 2 is 2.31 bits per heavy atom. The van der Waals surface area contributed by atoms with E-state index in [-0.39, 0.29) is 5.92 Å². The van der Waals surface area contributed by atoms with Crippen molar-refractivity contribution in [3.05, 3.63) is 23.8 Å². The molecule has 0 radical (unpaired) electrons. The monoisotopic (exact) mass is 177 g/mol. The maximum atomic E-state index is 7.57. The molecule has 3 heteroatoms. The fourth-order valence-corrected chi connectivity index (χ4v) is 0.879. The highest BCUT2D eigenvalue weighted by Crippen LogP contribution is 2.01. The van der Waals surface area contributed by atoms with E-state index in [0.29, 0.717) is 5.71 Å². The minimum absolute atomic E-state index is 0.271. The number of allylic oxidation sites excluding steroid dienone is 1. The topological polar surface area (TPSA) is 52.5 Å². The van der Waals surface area contributed by atoms with Crippen molar-refractivity contribution >= 4 is 11.8 Å². The summed E-state index contributed by atoms with van der Waals surface area (Å²) < 4.78 is 0. The zero-order valence-electron chi connectivity index (χ0n) is 8.26. The second-order valence-electron chi connectivity index (χ2n) is 3.39. The first-order valence-corrected chi connectivity index (χ1v) is 4.37. The Bertz CT molecular complexity index is 321. The highest BCUT2D eigenvalue weighted by molar-refractivity contribution is 5.96. The van der Waals surface area contributed by atoms with Crippen molar-refractivity contribution in [2.75, 3.05) is 0 Å². The summed E-state index contributed by atoms with van der Waals surface area (Å²) in [6, 6.07) is 0. The van der Waals surface area contributed by atoms with Gasteiger partial charge in [0.25, 0.3) is 0 Å². The predicted octanol–water partition coefficient (Wildman–Crippen LogP) is 2.41. The third-order valence-corrected chi connectivity index (χ3v) is 1.77. The van der Waals surface area contributed by atoms with Crippen LogP contribution in [-0.2, 0) is 0 Å². The van der Waals surface area contributed by atoms with Gasteiger partial charge in [-0.2, -0.15) is 0 Å². The van der Waals surface area contributed by atoms with Gasteiger partial charge in [0, 0.05) is 17.6 Å². The molecule has 13 heavy (non-hydrogen) atoms. The molecule has 0 aliphatic heterocycles. The highest BCUT2D eigenvalue weighted by Gasteiger charge is 1.97. The van der Waals surface area contributed by atoms with Crippen LogP contribution in [0.3, 0.4) is 0 Å². The first kappa shape index (κ1) is 9.71. The van der Waals surface area contributed by atoms with Gasteiger partial charge in [0.05, 0.1) is 0 Å². The molecular formula is C10H15N3. The molecule has 1 aromatic rings. The van der Waals surface area contributed by atoms with Crippen LogP contribution in [0.25, 0.3) is 6.08 Å². The fraction of sp³-hybridized carbons (Fsp3) is 0.400. The van der Waals surface area contributed by atoms with E-state index in [1.165, 1.54) is 0 Å². The van der Waals surface area contributed by atoms with Crippen LogP contribution in [-0.4, -0.2) is 15.7 Å². The molecule has 2 N–H and O–H groups in total. The van der Waals surface area contributed by atoms with E-state index in [2.05, 4.69) is 9.97 Å². The Balaban J connectivity index is 2.64. The van der Waals surface area contributed by atoms with Gasteiger partial charge >= 0.3 is 0 Å². The molecule has 1 rings (SSSR count). The van der Waals surface area contributed by atoms with Crippen LogP contribution in [0.1, 0.15) is 25.4 Å². The number of nitrogens with one attached hydrogen (secondary N) is 2. The zero-order chi connectivity index (χ0) is 9.84. The first-order chi connectivity index (χ1) is 6.09. The summed E-state index contributed by atoms with van der Waals surface area (Å²) >= 11 is 0. The molecule has 0 spiro atoms. The van der Waals surface area contributed by atoms with Gasteiger partial charge < -0.3 is 10.4 Å². The molecule has 0 bridgehead atoms. The summed E-state index contributed by atoms with van der Waals surface area (Å²) in [7, 11) is 0. The normalized spacial score (nSPS) is 11.4. The third kappa shape index (κ3) is 2.86. The van der Waals surface area contributed by atoms with Crippen LogP contribution in [0.4, 0.5) is 0 Å². The lowest BCUT2D eigenvalue weighted by atomic mass is 10.1. The Morgan fingerprint density at radius 1 is 1.62 bits per heavy atom. The van der Waals surface area contributed by atoms with Crippen LogP contribution >= 0.6 is 0 Å². The number of nitrogens with zero attached hydrogens (tertiary/aromatic N) is 1. The lowest BCUT2D eigenvalue weighted by molar-refractivity contribution is 0.882. The van der Waals surface area contributed by atoms with Gasteiger partial charge in [-0.05, 0) is 25.0 Å². The van der Waals surface area contributed by atoms with Crippen LogP contribution in [0, 0.1) is 18.3 Å². The van der Waals surface area contributed by atoms with Gasteiger partial charge in [-0.3, -0.25) is 0 Å². The molecule has 1 aromatic heterocycles. The lowest BCUT2D eigenvalue weighted by Gasteiger charge is -1.99. The summed E-state index contributed by atoms with van der Waals surface area (Å²) in [5.74, 6) is 1.08. The van der Waals surface area contributed by atoms with Crippen LogP contribution in [0.2, 0.25) is 0 Å². The van der Waals surface area contributed by atoms with E-state index in [0.717, 1.165) is 11.5 Å². The molecule has 0 aliphatic rings.